The van der Waals surface area contributed by atoms with Crippen LogP contribution in [0, 0.1) is 0 Å². The van der Waals surface area contributed by atoms with Gasteiger partial charge < -0.3 is 9.30 Å². The average molecular weight is 586 g/mol. The Balaban J connectivity index is 1.04. The normalized spacial score (nSPS) is 12.1. The van der Waals surface area contributed by atoms with Gasteiger partial charge in [-0.2, -0.15) is 0 Å². The van der Waals surface area contributed by atoms with Gasteiger partial charge in [-0.05, 0) is 68.9 Å². The molecule has 9 aromatic rings. The summed E-state index contributed by atoms with van der Waals surface area (Å²) in [6, 6.07) is 59.0. The van der Waals surface area contributed by atoms with E-state index in [-0.39, 0.29) is 0 Å². The number of rotatable bonds is 3. The molecule has 0 amide bonds. The Morgan fingerprint density at radius 1 is 0.370 bits per heavy atom. The van der Waals surface area contributed by atoms with Crippen molar-refractivity contribution < 1.29 is 4.74 Å². The van der Waals surface area contributed by atoms with Crippen molar-refractivity contribution in [3.63, 3.8) is 0 Å². The average Bonchev–Trinajstić information content (AvgIpc) is 3.47. The minimum absolute atomic E-state index is 0.914. The third kappa shape index (κ3) is 3.65. The fourth-order valence-electron chi connectivity index (χ4n) is 7.48. The van der Waals surface area contributed by atoms with Crippen LogP contribution in [-0.2, 0) is 0 Å². The minimum Gasteiger partial charge on any atom is -0.456 e. The lowest BCUT2D eigenvalue weighted by Crippen LogP contribution is -1.97. The first-order chi connectivity index (χ1) is 22.8. The van der Waals surface area contributed by atoms with Crippen LogP contribution in [-0.4, -0.2) is 4.57 Å². The molecule has 0 unspecified atom stereocenters. The van der Waals surface area contributed by atoms with E-state index < -0.39 is 0 Å². The van der Waals surface area contributed by atoms with Crippen LogP contribution in [0.25, 0.3) is 82.4 Å². The van der Waals surface area contributed by atoms with E-state index in [0.717, 1.165) is 22.7 Å². The van der Waals surface area contributed by atoms with E-state index in [2.05, 4.69) is 156 Å². The summed E-state index contributed by atoms with van der Waals surface area (Å²) in [5.74, 6) is 1.83. The molecule has 1 aromatic heterocycles. The van der Waals surface area contributed by atoms with Crippen molar-refractivity contribution in [2.45, 2.75) is 0 Å². The van der Waals surface area contributed by atoms with Crippen LogP contribution >= 0.6 is 0 Å². The van der Waals surface area contributed by atoms with Crippen molar-refractivity contribution in [2.24, 2.45) is 0 Å². The molecule has 0 fully saturated rings. The van der Waals surface area contributed by atoms with E-state index in [1.54, 1.807) is 0 Å². The number of ether oxygens (including phenoxy) is 1. The number of aromatic nitrogens is 1. The lowest BCUT2D eigenvalue weighted by atomic mass is 9.90. The standard InChI is InChI=1S/C44H27NO/c1-2-9-34-30(8-1)22-25-39-35-10-3-5-14-40(35)45(44(34)39)32-23-20-29(21-24-32)28-16-18-31(19-17-28)33-26-27-42-43-37(33)12-7-13-38(43)36-11-4-6-15-41(36)46-42/h1-27H. The summed E-state index contributed by atoms with van der Waals surface area (Å²) >= 11 is 0. The lowest BCUT2D eigenvalue weighted by Gasteiger charge is -2.22. The monoisotopic (exact) mass is 585 g/mol. The maximum Gasteiger partial charge on any atom is 0.135 e. The van der Waals surface area contributed by atoms with Crippen molar-refractivity contribution >= 4 is 43.4 Å². The summed E-state index contributed by atoms with van der Waals surface area (Å²) < 4.78 is 8.74. The molecule has 46 heavy (non-hydrogen) atoms. The van der Waals surface area contributed by atoms with Crippen molar-refractivity contribution in [1.29, 1.82) is 0 Å². The summed E-state index contributed by atoms with van der Waals surface area (Å²) in [6.45, 7) is 0. The van der Waals surface area contributed by atoms with E-state index in [0.29, 0.717) is 0 Å². The predicted molar refractivity (Wildman–Crippen MR) is 192 cm³/mol. The van der Waals surface area contributed by atoms with Crippen LogP contribution in [0.2, 0.25) is 0 Å². The zero-order chi connectivity index (χ0) is 30.2. The van der Waals surface area contributed by atoms with Crippen LogP contribution in [0.4, 0.5) is 0 Å². The molecule has 0 N–H and O–H groups in total. The molecule has 0 radical (unpaired) electrons. The van der Waals surface area contributed by atoms with Crippen LogP contribution in [0.15, 0.2) is 164 Å². The van der Waals surface area contributed by atoms with Crippen molar-refractivity contribution in [3.05, 3.63) is 164 Å². The number of benzene rings is 8. The number of hydrogen-bond donors (Lipinski definition) is 0. The molecule has 8 aromatic carbocycles. The summed E-state index contributed by atoms with van der Waals surface area (Å²) in [6.07, 6.45) is 0. The topological polar surface area (TPSA) is 14.2 Å². The van der Waals surface area contributed by atoms with E-state index in [1.165, 1.54) is 71.2 Å². The highest BCUT2D eigenvalue weighted by Crippen LogP contribution is 2.48. The van der Waals surface area contributed by atoms with E-state index >= 15 is 0 Å². The third-order valence-electron chi connectivity index (χ3n) is 9.61. The first-order valence-electron chi connectivity index (χ1n) is 15.8. The summed E-state index contributed by atoms with van der Waals surface area (Å²) in [5.41, 5.74) is 10.8. The van der Waals surface area contributed by atoms with Gasteiger partial charge in [0.2, 0.25) is 0 Å². The SMILES string of the molecule is c1ccc2c(c1)Oc1ccc(-c3ccc(-c4ccc(-n5c6ccccc6c6ccc7ccccc7c65)cc4)cc3)c3cccc-2c13. The highest BCUT2D eigenvalue weighted by Gasteiger charge is 2.21. The van der Waals surface area contributed by atoms with Crippen molar-refractivity contribution in [2.75, 3.05) is 0 Å². The Labute approximate surface area is 266 Å². The molecular formula is C44H27NO. The molecule has 2 heterocycles. The molecule has 0 atom stereocenters. The van der Waals surface area contributed by atoms with E-state index in [4.69, 9.17) is 4.74 Å². The zero-order valence-electron chi connectivity index (χ0n) is 24.9. The van der Waals surface area contributed by atoms with Crippen LogP contribution < -0.4 is 4.74 Å². The molecule has 1 aliphatic heterocycles. The van der Waals surface area contributed by atoms with Gasteiger partial charge in [-0.15, -0.1) is 0 Å². The Kier molecular flexibility index (Phi) is 5.31. The fraction of sp³-hybridized carbons (Fsp3) is 0. The Bertz CT molecular complexity index is 2640. The minimum atomic E-state index is 0.914. The maximum atomic E-state index is 6.32. The molecule has 0 saturated carbocycles. The van der Waals surface area contributed by atoms with E-state index in [9.17, 15) is 0 Å². The second-order valence-electron chi connectivity index (χ2n) is 12.1. The van der Waals surface area contributed by atoms with Gasteiger partial charge in [0.15, 0.2) is 0 Å². The van der Waals surface area contributed by atoms with Crippen LogP contribution in [0.5, 0.6) is 11.5 Å². The highest BCUT2D eigenvalue weighted by molar-refractivity contribution is 6.18. The zero-order valence-corrected chi connectivity index (χ0v) is 24.9. The smallest absolute Gasteiger partial charge is 0.135 e. The Morgan fingerprint density at radius 3 is 1.91 bits per heavy atom. The van der Waals surface area contributed by atoms with Gasteiger partial charge in [0.1, 0.15) is 11.5 Å². The van der Waals surface area contributed by atoms with Crippen molar-refractivity contribution in [3.8, 4) is 50.6 Å². The molecule has 0 bridgehead atoms. The molecule has 2 nitrogen and oxygen atoms in total. The van der Waals surface area contributed by atoms with Gasteiger partial charge in [-0.25, -0.2) is 0 Å². The predicted octanol–water partition coefficient (Wildman–Crippen LogP) is 12.2. The molecule has 0 spiro atoms. The molecule has 0 saturated heterocycles. The summed E-state index contributed by atoms with van der Waals surface area (Å²) in [7, 11) is 0. The quantitative estimate of drug-likeness (QED) is 0.201. The Hall–Kier alpha value is -6.12. The Morgan fingerprint density at radius 2 is 1.04 bits per heavy atom. The number of fused-ring (bicyclic) bond motifs is 7. The summed E-state index contributed by atoms with van der Waals surface area (Å²) in [4.78, 5) is 0. The van der Waals surface area contributed by atoms with Gasteiger partial charge in [-0.1, -0.05) is 133 Å². The first kappa shape index (κ1) is 25.2. The molecule has 214 valence electrons. The molecular weight excluding hydrogens is 558 g/mol. The molecule has 1 aliphatic rings. The fourth-order valence-corrected chi connectivity index (χ4v) is 7.48. The van der Waals surface area contributed by atoms with Gasteiger partial charge in [0.05, 0.1) is 11.0 Å². The van der Waals surface area contributed by atoms with Crippen LogP contribution in [0.3, 0.4) is 0 Å². The number of nitrogens with zero attached hydrogens (tertiary/aromatic N) is 1. The second kappa shape index (κ2) is 9.69. The first-order valence-corrected chi connectivity index (χ1v) is 15.8. The highest BCUT2D eigenvalue weighted by atomic mass is 16.5. The largest absolute Gasteiger partial charge is 0.456 e. The number of hydrogen-bond acceptors (Lipinski definition) is 1. The van der Waals surface area contributed by atoms with Gasteiger partial charge in [-0.3, -0.25) is 0 Å². The van der Waals surface area contributed by atoms with Crippen molar-refractivity contribution in [1.82, 2.24) is 4.57 Å². The van der Waals surface area contributed by atoms with E-state index in [1.807, 2.05) is 12.1 Å². The third-order valence-corrected chi connectivity index (χ3v) is 9.61. The number of para-hydroxylation sites is 2. The van der Waals surface area contributed by atoms with Gasteiger partial charge in [0, 0.05) is 32.8 Å². The summed E-state index contributed by atoms with van der Waals surface area (Å²) in [5, 5.41) is 7.46. The van der Waals surface area contributed by atoms with Gasteiger partial charge in [0.25, 0.3) is 0 Å². The maximum absolute atomic E-state index is 6.32. The lowest BCUT2D eigenvalue weighted by molar-refractivity contribution is 0.487. The second-order valence-corrected chi connectivity index (χ2v) is 12.1. The molecule has 2 heteroatoms. The van der Waals surface area contributed by atoms with Crippen LogP contribution in [0.1, 0.15) is 0 Å². The molecule has 10 rings (SSSR count). The molecule has 0 aliphatic carbocycles. The van der Waals surface area contributed by atoms with Gasteiger partial charge >= 0.3 is 0 Å².